The number of para-hydroxylation sites is 1. The van der Waals surface area contributed by atoms with E-state index < -0.39 is 16.7 Å². The van der Waals surface area contributed by atoms with Crippen LogP contribution in [0.1, 0.15) is 21.7 Å². The highest BCUT2D eigenvalue weighted by atomic mass is 35.5. The molecule has 0 radical (unpaired) electrons. The van der Waals surface area contributed by atoms with Crippen LogP contribution >= 0.6 is 35.6 Å². The van der Waals surface area contributed by atoms with Crippen molar-refractivity contribution in [3.05, 3.63) is 91.5 Å². The van der Waals surface area contributed by atoms with E-state index in [0.717, 1.165) is 22.3 Å². The molecule has 0 atom stereocenters. The zero-order valence-electron chi connectivity index (χ0n) is 16.9. The Hall–Kier alpha value is -3.47. The number of rotatable bonds is 5. The number of nitro benzene ring substituents is 1. The first-order chi connectivity index (χ1) is 15.7. The lowest BCUT2D eigenvalue weighted by Gasteiger charge is -2.16. The average molecular weight is 500 g/mol. The summed E-state index contributed by atoms with van der Waals surface area (Å²) in [6.07, 6.45) is 1.46. The van der Waals surface area contributed by atoms with Crippen LogP contribution in [0.2, 0.25) is 5.02 Å². The van der Waals surface area contributed by atoms with Gasteiger partial charge in [0.05, 0.1) is 26.0 Å². The average Bonchev–Trinajstić information content (AvgIpc) is 3.34. The number of amides is 2. The molecule has 8 nitrogen and oxygen atoms in total. The number of hydrogen-bond acceptors (Lipinski definition) is 7. The molecule has 166 valence electrons. The lowest BCUT2D eigenvalue weighted by atomic mass is 10.1. The molecule has 1 saturated heterocycles. The Morgan fingerprint density at radius 2 is 2.00 bits per heavy atom. The molecule has 2 amide bonds. The SMILES string of the molecule is Cc1ccc(C(=O)NN2C(=O)/C(=C\c3ccc(-c4ccccc4[N+](=O)[O-])o3)SC2=S)c(Cl)c1. The highest BCUT2D eigenvalue weighted by Gasteiger charge is 2.34. The largest absolute Gasteiger partial charge is 0.456 e. The summed E-state index contributed by atoms with van der Waals surface area (Å²) >= 11 is 12.4. The van der Waals surface area contributed by atoms with Crippen molar-refractivity contribution in [3.63, 3.8) is 0 Å². The summed E-state index contributed by atoms with van der Waals surface area (Å²) in [7, 11) is 0. The van der Waals surface area contributed by atoms with Crippen LogP contribution in [0.3, 0.4) is 0 Å². The minimum Gasteiger partial charge on any atom is -0.456 e. The molecule has 3 aromatic rings. The highest BCUT2D eigenvalue weighted by Crippen LogP contribution is 2.35. The topological polar surface area (TPSA) is 106 Å². The fourth-order valence-corrected chi connectivity index (χ4v) is 4.56. The molecule has 1 aliphatic rings. The van der Waals surface area contributed by atoms with Gasteiger partial charge in [0.2, 0.25) is 0 Å². The molecule has 1 aromatic heterocycles. The molecule has 4 rings (SSSR count). The lowest BCUT2D eigenvalue weighted by Crippen LogP contribution is -2.44. The van der Waals surface area contributed by atoms with Crippen LogP contribution in [-0.2, 0) is 4.79 Å². The molecule has 33 heavy (non-hydrogen) atoms. The molecule has 0 bridgehead atoms. The number of halogens is 1. The number of thioether (sulfide) groups is 1. The number of aryl methyl sites for hydroxylation is 1. The van der Waals surface area contributed by atoms with Crippen LogP contribution in [0.15, 0.2) is 63.9 Å². The Balaban J connectivity index is 1.54. The summed E-state index contributed by atoms with van der Waals surface area (Å²) in [5.41, 5.74) is 3.80. The maximum atomic E-state index is 12.8. The number of thiocarbonyl (C=S) groups is 1. The summed E-state index contributed by atoms with van der Waals surface area (Å²) < 4.78 is 5.84. The van der Waals surface area contributed by atoms with Crippen LogP contribution in [0, 0.1) is 17.0 Å². The van der Waals surface area contributed by atoms with Crippen LogP contribution in [-0.4, -0.2) is 26.1 Å². The van der Waals surface area contributed by atoms with E-state index in [-0.39, 0.29) is 31.3 Å². The first-order valence-electron chi connectivity index (χ1n) is 9.43. The maximum Gasteiger partial charge on any atom is 0.285 e. The zero-order chi connectivity index (χ0) is 23.7. The normalized spacial score (nSPS) is 14.7. The fraction of sp³-hybridized carbons (Fsp3) is 0.0455. The molecule has 1 N–H and O–H groups in total. The van der Waals surface area contributed by atoms with E-state index in [0.29, 0.717) is 11.3 Å². The van der Waals surface area contributed by atoms with Gasteiger partial charge in [-0.3, -0.25) is 25.1 Å². The minimum absolute atomic E-state index is 0.0952. The molecular formula is C22H14ClN3O5S2. The molecular weight excluding hydrogens is 486 g/mol. The van der Waals surface area contributed by atoms with E-state index in [1.807, 2.05) is 6.92 Å². The van der Waals surface area contributed by atoms with E-state index in [9.17, 15) is 19.7 Å². The second-order valence-corrected chi connectivity index (χ2v) is 9.00. The first kappa shape index (κ1) is 22.7. The standard InChI is InChI=1S/C22H14ClN3O5S2/c1-12-6-8-14(16(23)10-12)20(27)24-25-21(28)19(33-22(25)32)11-13-7-9-18(31-13)15-4-2-3-5-17(15)26(29)30/h2-11H,1H3,(H,24,27)/b19-11+. The summed E-state index contributed by atoms with van der Waals surface area (Å²) in [4.78, 5) is 36.4. The number of nitrogens with zero attached hydrogens (tertiary/aromatic N) is 2. The number of nitrogens with one attached hydrogen (secondary N) is 1. The number of benzene rings is 2. The smallest absolute Gasteiger partial charge is 0.285 e. The van der Waals surface area contributed by atoms with Crippen molar-refractivity contribution in [2.45, 2.75) is 6.92 Å². The van der Waals surface area contributed by atoms with Gasteiger partial charge in [-0.2, -0.15) is 5.01 Å². The van der Waals surface area contributed by atoms with Crippen molar-refractivity contribution in [1.29, 1.82) is 0 Å². The van der Waals surface area contributed by atoms with Crippen molar-refractivity contribution in [3.8, 4) is 11.3 Å². The zero-order valence-corrected chi connectivity index (χ0v) is 19.3. The van der Waals surface area contributed by atoms with Gasteiger partial charge in [-0.05, 0) is 55.0 Å². The molecule has 1 aliphatic heterocycles. The van der Waals surface area contributed by atoms with Gasteiger partial charge < -0.3 is 4.42 Å². The monoisotopic (exact) mass is 499 g/mol. The number of nitro groups is 1. The molecule has 0 unspecified atom stereocenters. The van der Waals surface area contributed by atoms with Gasteiger partial charge in [0.25, 0.3) is 17.5 Å². The van der Waals surface area contributed by atoms with E-state index >= 15 is 0 Å². The minimum atomic E-state index is -0.575. The summed E-state index contributed by atoms with van der Waals surface area (Å²) in [6, 6.07) is 14.3. The van der Waals surface area contributed by atoms with E-state index in [2.05, 4.69) is 5.43 Å². The van der Waals surface area contributed by atoms with Gasteiger partial charge >= 0.3 is 0 Å². The third-order valence-corrected chi connectivity index (χ3v) is 6.26. The number of hydrogen-bond donors (Lipinski definition) is 1. The fourth-order valence-electron chi connectivity index (χ4n) is 3.08. The van der Waals surface area contributed by atoms with Gasteiger partial charge in [-0.15, -0.1) is 0 Å². The van der Waals surface area contributed by atoms with E-state index in [1.54, 1.807) is 48.5 Å². The summed E-state index contributed by atoms with van der Waals surface area (Å²) in [5.74, 6) is -0.526. The third-order valence-electron chi connectivity index (χ3n) is 4.64. The van der Waals surface area contributed by atoms with Crippen LogP contribution in [0.5, 0.6) is 0 Å². The number of furan rings is 1. The maximum absolute atomic E-state index is 12.8. The second-order valence-electron chi connectivity index (χ2n) is 6.92. The van der Waals surface area contributed by atoms with Gasteiger partial charge in [0.15, 0.2) is 4.32 Å². The van der Waals surface area contributed by atoms with E-state index in [4.69, 9.17) is 28.2 Å². The van der Waals surface area contributed by atoms with E-state index in [1.165, 1.54) is 12.1 Å². The summed E-state index contributed by atoms with van der Waals surface area (Å²) in [5, 5.41) is 12.5. The molecule has 0 saturated carbocycles. The van der Waals surface area contributed by atoms with Crippen molar-refractivity contribution in [2.75, 3.05) is 0 Å². The molecule has 2 heterocycles. The molecule has 0 aliphatic carbocycles. The number of carbonyl (C=O) groups is 2. The van der Waals surface area contributed by atoms with Crippen LogP contribution in [0.25, 0.3) is 17.4 Å². The Morgan fingerprint density at radius 3 is 2.73 bits per heavy atom. The van der Waals surface area contributed by atoms with Crippen molar-refractivity contribution in [1.82, 2.24) is 10.4 Å². The van der Waals surface area contributed by atoms with Gasteiger partial charge in [-0.25, -0.2) is 0 Å². The first-order valence-corrected chi connectivity index (χ1v) is 11.0. The molecule has 0 spiro atoms. The van der Waals surface area contributed by atoms with Gasteiger partial charge in [0, 0.05) is 12.1 Å². The van der Waals surface area contributed by atoms with Gasteiger partial charge in [-0.1, -0.05) is 41.6 Å². The molecule has 2 aromatic carbocycles. The second kappa shape index (κ2) is 9.18. The van der Waals surface area contributed by atoms with Crippen LogP contribution in [0.4, 0.5) is 5.69 Å². The van der Waals surface area contributed by atoms with Crippen molar-refractivity contribution < 1.29 is 18.9 Å². The van der Waals surface area contributed by atoms with Crippen molar-refractivity contribution >= 4 is 63.5 Å². The predicted octanol–water partition coefficient (Wildman–Crippen LogP) is 5.36. The Morgan fingerprint density at radius 1 is 1.24 bits per heavy atom. The predicted molar refractivity (Wildman–Crippen MR) is 129 cm³/mol. The Labute approximate surface area is 202 Å². The molecule has 1 fully saturated rings. The number of carbonyl (C=O) groups excluding carboxylic acids is 2. The molecule has 11 heteroatoms. The third kappa shape index (κ3) is 4.68. The van der Waals surface area contributed by atoms with Crippen molar-refractivity contribution in [2.24, 2.45) is 0 Å². The summed E-state index contributed by atoms with van der Waals surface area (Å²) in [6.45, 7) is 1.84. The Kier molecular flexibility index (Phi) is 6.32. The lowest BCUT2D eigenvalue weighted by molar-refractivity contribution is -0.384. The highest BCUT2D eigenvalue weighted by molar-refractivity contribution is 8.26. The van der Waals surface area contributed by atoms with Crippen LogP contribution < -0.4 is 5.43 Å². The van der Waals surface area contributed by atoms with Gasteiger partial charge in [0.1, 0.15) is 11.5 Å². The quantitative estimate of drug-likeness (QED) is 0.218. The number of hydrazine groups is 1. The Bertz CT molecular complexity index is 1350.